The summed E-state index contributed by atoms with van der Waals surface area (Å²) in [6.07, 6.45) is 0. The molecule has 0 aliphatic carbocycles. The molecule has 0 amide bonds. The summed E-state index contributed by atoms with van der Waals surface area (Å²) >= 11 is 12.4. The molecule has 1 aliphatic heterocycles. The van der Waals surface area contributed by atoms with Gasteiger partial charge >= 0.3 is 0 Å². The molecule has 0 unspecified atom stereocenters. The lowest BCUT2D eigenvalue weighted by molar-refractivity contribution is 0.0730. The highest BCUT2D eigenvalue weighted by Crippen LogP contribution is 2.40. The number of rotatable bonds is 7. The minimum Gasteiger partial charge on any atom is -0.379 e. The zero-order valence-electron chi connectivity index (χ0n) is 19.1. The van der Waals surface area contributed by atoms with E-state index in [9.17, 15) is 34.0 Å². The topological polar surface area (TPSA) is 118 Å². The number of morpholine rings is 1. The zero-order chi connectivity index (χ0) is 27.9. The number of hydrogen-bond acceptors (Lipinski definition) is 7. The van der Waals surface area contributed by atoms with Crippen molar-refractivity contribution in [3.8, 4) is 0 Å². The van der Waals surface area contributed by atoms with Crippen LogP contribution < -0.4 is 3.71 Å². The van der Waals surface area contributed by atoms with Gasteiger partial charge in [-0.1, -0.05) is 35.3 Å². The van der Waals surface area contributed by atoms with E-state index in [1.54, 1.807) is 0 Å². The first kappa shape index (κ1) is 28.7. The maximum Gasteiger partial charge on any atom is 0.277 e. The molecular weight excluding hydrogens is 609 g/mol. The maximum atomic E-state index is 14.0. The van der Waals surface area contributed by atoms with E-state index in [4.69, 9.17) is 27.9 Å². The lowest BCUT2D eigenvalue weighted by Gasteiger charge is -2.28. The van der Waals surface area contributed by atoms with E-state index in [1.807, 2.05) is 0 Å². The van der Waals surface area contributed by atoms with Gasteiger partial charge in [0.05, 0.1) is 38.7 Å². The normalized spacial score (nSPS) is 15.4. The molecule has 3 aromatic rings. The van der Waals surface area contributed by atoms with Gasteiger partial charge in [0.1, 0.15) is 16.5 Å². The van der Waals surface area contributed by atoms with Crippen molar-refractivity contribution in [1.29, 1.82) is 0 Å². The predicted molar refractivity (Wildman–Crippen MR) is 136 cm³/mol. The molecule has 16 heteroatoms. The second-order valence-electron chi connectivity index (χ2n) is 7.87. The highest BCUT2D eigenvalue weighted by atomic mass is 35.5. The minimum atomic E-state index is -5.19. The summed E-state index contributed by atoms with van der Waals surface area (Å²) in [5.41, 5.74) is -0.823. The molecule has 0 aromatic heterocycles. The molecule has 4 rings (SSSR count). The quantitative estimate of drug-likeness (QED) is 0.390. The SMILES string of the molecule is O=S(=O)(c1cc(N(S(=O)(=O)c2cccc(F)c2)S(=O)(=O)c2cccc(F)c2)c(Cl)cc1Cl)N1CCOCC1. The van der Waals surface area contributed by atoms with Gasteiger partial charge in [-0.25, -0.2) is 34.0 Å². The van der Waals surface area contributed by atoms with Crippen LogP contribution >= 0.6 is 23.2 Å². The van der Waals surface area contributed by atoms with Gasteiger partial charge in [0, 0.05) is 13.1 Å². The van der Waals surface area contributed by atoms with Gasteiger partial charge in [0.25, 0.3) is 20.0 Å². The molecule has 0 saturated carbocycles. The number of ether oxygens (including phenoxy) is 1. The van der Waals surface area contributed by atoms with Gasteiger partial charge in [-0.3, -0.25) is 0 Å². The molecule has 0 radical (unpaired) electrons. The van der Waals surface area contributed by atoms with Crippen LogP contribution in [0.4, 0.5) is 14.5 Å². The third-order valence-electron chi connectivity index (χ3n) is 5.41. The van der Waals surface area contributed by atoms with E-state index in [-0.39, 0.29) is 30.0 Å². The Kier molecular flexibility index (Phi) is 8.06. The van der Waals surface area contributed by atoms with Gasteiger partial charge in [-0.2, -0.15) is 8.02 Å². The molecule has 1 fully saturated rings. The Balaban J connectivity index is 2.01. The molecule has 3 aromatic carbocycles. The first-order chi connectivity index (χ1) is 17.8. The molecule has 204 valence electrons. The van der Waals surface area contributed by atoms with Crippen LogP contribution in [-0.4, -0.2) is 55.9 Å². The van der Waals surface area contributed by atoms with E-state index >= 15 is 0 Å². The van der Waals surface area contributed by atoms with E-state index in [2.05, 4.69) is 0 Å². The molecule has 0 N–H and O–H groups in total. The third-order valence-corrected chi connectivity index (χ3v) is 12.2. The highest BCUT2D eigenvalue weighted by Gasteiger charge is 2.40. The Bertz CT molecular complexity index is 1640. The summed E-state index contributed by atoms with van der Waals surface area (Å²) in [5.74, 6) is -1.99. The fourth-order valence-corrected chi connectivity index (χ4v) is 9.73. The number of anilines is 1. The van der Waals surface area contributed by atoms with Gasteiger partial charge in [-0.15, -0.1) is 0 Å². The molecule has 0 atom stereocenters. The number of sulfonamides is 3. The molecule has 0 spiro atoms. The van der Waals surface area contributed by atoms with Gasteiger partial charge in [0.2, 0.25) is 10.0 Å². The van der Waals surface area contributed by atoms with Gasteiger partial charge < -0.3 is 4.74 Å². The lowest BCUT2D eigenvalue weighted by atomic mass is 10.3. The smallest absolute Gasteiger partial charge is 0.277 e. The fraction of sp³-hybridized carbons (Fsp3) is 0.182. The largest absolute Gasteiger partial charge is 0.379 e. The Hall–Kier alpha value is -2.33. The van der Waals surface area contributed by atoms with Crippen molar-refractivity contribution >= 4 is 59.0 Å². The zero-order valence-corrected chi connectivity index (χ0v) is 23.1. The summed E-state index contributed by atoms with van der Waals surface area (Å²) in [5, 5.41) is -0.965. The van der Waals surface area contributed by atoms with Crippen LogP contribution in [0.3, 0.4) is 0 Å². The van der Waals surface area contributed by atoms with Crippen molar-refractivity contribution in [2.75, 3.05) is 30.0 Å². The number of hydrogen-bond donors (Lipinski definition) is 0. The summed E-state index contributed by atoms with van der Waals surface area (Å²) in [6, 6.07) is 8.52. The average Bonchev–Trinajstić information content (AvgIpc) is 2.85. The first-order valence-corrected chi connectivity index (χ1v) is 15.7. The van der Waals surface area contributed by atoms with Crippen LogP contribution in [0, 0.1) is 11.6 Å². The van der Waals surface area contributed by atoms with Crippen molar-refractivity contribution in [2.24, 2.45) is 0 Å². The third kappa shape index (κ3) is 5.39. The van der Waals surface area contributed by atoms with E-state index in [1.165, 1.54) is 0 Å². The van der Waals surface area contributed by atoms with Gasteiger partial charge in [0.15, 0.2) is 0 Å². The number of benzene rings is 3. The maximum absolute atomic E-state index is 14.0. The van der Waals surface area contributed by atoms with Crippen molar-refractivity contribution in [2.45, 2.75) is 14.7 Å². The molecule has 1 aliphatic rings. The molecule has 9 nitrogen and oxygen atoms in total. The molecular formula is C22H18Cl2F2N2O7S3. The number of nitrogens with zero attached hydrogens (tertiary/aromatic N) is 2. The van der Waals surface area contributed by atoms with Crippen LogP contribution in [-0.2, 0) is 34.8 Å². The van der Waals surface area contributed by atoms with E-state index < -0.39 is 72.1 Å². The Morgan fingerprint density at radius 1 is 0.737 bits per heavy atom. The van der Waals surface area contributed by atoms with Crippen LogP contribution in [0.25, 0.3) is 0 Å². The average molecular weight is 627 g/mol. The Labute approximate surface area is 228 Å². The monoisotopic (exact) mass is 626 g/mol. The van der Waals surface area contributed by atoms with Crippen molar-refractivity contribution < 1.29 is 38.8 Å². The van der Waals surface area contributed by atoms with Crippen molar-refractivity contribution in [3.05, 3.63) is 82.3 Å². The minimum absolute atomic E-state index is 0.0382. The summed E-state index contributed by atoms with van der Waals surface area (Å²) in [4.78, 5) is -2.21. The van der Waals surface area contributed by atoms with E-state index in [0.717, 1.165) is 46.8 Å². The molecule has 1 heterocycles. The lowest BCUT2D eigenvalue weighted by Crippen LogP contribution is -2.41. The summed E-state index contributed by atoms with van der Waals surface area (Å²) in [6.45, 7) is 0.101. The number of halogens is 4. The van der Waals surface area contributed by atoms with Crippen LogP contribution in [0.2, 0.25) is 10.0 Å². The van der Waals surface area contributed by atoms with Crippen LogP contribution in [0.5, 0.6) is 0 Å². The Morgan fingerprint density at radius 3 is 1.71 bits per heavy atom. The standard InChI is InChI=1S/C22H18Cl2F2N2O7S3/c23-19-13-20(24)22(38(33,34)27-7-9-35-10-8-27)14-21(19)28(36(29,30)17-5-1-3-15(25)11-17)37(31,32)18-6-2-4-16(26)12-18/h1-6,11-14H,7-10H2. The second kappa shape index (κ2) is 10.7. The molecule has 1 saturated heterocycles. The van der Waals surface area contributed by atoms with Gasteiger partial charge in [-0.05, 0) is 48.5 Å². The first-order valence-electron chi connectivity index (χ1n) is 10.6. The van der Waals surface area contributed by atoms with Crippen molar-refractivity contribution in [3.63, 3.8) is 0 Å². The van der Waals surface area contributed by atoms with Crippen molar-refractivity contribution in [1.82, 2.24) is 4.31 Å². The summed E-state index contributed by atoms with van der Waals surface area (Å²) < 4.78 is 116. The van der Waals surface area contributed by atoms with Crippen LogP contribution in [0.1, 0.15) is 0 Å². The summed E-state index contributed by atoms with van der Waals surface area (Å²) in [7, 11) is -14.8. The van der Waals surface area contributed by atoms with E-state index in [0.29, 0.717) is 18.2 Å². The molecule has 0 bridgehead atoms. The fourth-order valence-electron chi connectivity index (χ4n) is 3.62. The highest BCUT2D eigenvalue weighted by molar-refractivity contribution is 8.10. The van der Waals surface area contributed by atoms with Crippen LogP contribution in [0.15, 0.2) is 75.4 Å². The Morgan fingerprint density at radius 2 is 1.24 bits per heavy atom. The second-order valence-corrected chi connectivity index (χ2v) is 14.4. The molecule has 38 heavy (non-hydrogen) atoms. The predicted octanol–water partition coefficient (Wildman–Crippen LogP) is 3.88.